The molecule has 0 radical (unpaired) electrons. The van der Waals surface area contributed by atoms with Gasteiger partial charge in [-0.25, -0.2) is 9.18 Å². The number of rotatable bonds is 5. The van der Waals surface area contributed by atoms with Crippen LogP contribution >= 0.6 is 0 Å². The van der Waals surface area contributed by atoms with Gasteiger partial charge in [-0.1, -0.05) is 0 Å². The SMILES string of the molecule is C[C@@H]1CN(c2ccc(NC(=O)Nc3cnn(CCO)c3)cc2F)C[C@@H](C)O1. The van der Waals surface area contributed by atoms with E-state index in [9.17, 15) is 9.18 Å². The number of benzene rings is 1. The molecular weight excluding hydrogens is 353 g/mol. The van der Waals surface area contributed by atoms with Crippen molar-refractivity contribution in [3.05, 3.63) is 36.4 Å². The Hall–Kier alpha value is -2.65. The van der Waals surface area contributed by atoms with Gasteiger partial charge in [-0.2, -0.15) is 5.10 Å². The highest BCUT2D eigenvalue weighted by atomic mass is 19.1. The molecule has 146 valence electrons. The van der Waals surface area contributed by atoms with Gasteiger partial charge in [-0.05, 0) is 32.0 Å². The van der Waals surface area contributed by atoms with Crippen molar-refractivity contribution in [2.45, 2.75) is 32.6 Å². The van der Waals surface area contributed by atoms with Crippen LogP contribution in [0.4, 0.5) is 26.2 Å². The lowest BCUT2D eigenvalue weighted by molar-refractivity contribution is -0.00539. The molecule has 2 heterocycles. The van der Waals surface area contributed by atoms with Crippen molar-refractivity contribution < 1.29 is 19.0 Å². The maximum absolute atomic E-state index is 14.6. The van der Waals surface area contributed by atoms with Crippen molar-refractivity contribution in [1.82, 2.24) is 9.78 Å². The Bertz CT molecular complexity index is 787. The zero-order valence-corrected chi connectivity index (χ0v) is 15.4. The van der Waals surface area contributed by atoms with Gasteiger partial charge < -0.3 is 25.4 Å². The molecule has 1 aromatic heterocycles. The number of nitrogens with zero attached hydrogens (tertiary/aromatic N) is 3. The molecular formula is C18H24FN5O3. The standard InChI is InChI=1S/C18H24FN5O3/c1-12-9-23(10-13(2)27-12)17-4-3-14(7-16(17)19)21-18(26)22-15-8-20-24(11-15)5-6-25/h3-4,7-8,11-13,25H,5-6,9-10H2,1-2H3,(H2,21,22,26)/t12-,13-/m1/s1. The molecule has 1 aromatic carbocycles. The number of halogens is 1. The summed E-state index contributed by atoms with van der Waals surface area (Å²) >= 11 is 0. The normalized spacial score (nSPS) is 19.8. The number of aliphatic hydroxyl groups excluding tert-OH is 1. The van der Waals surface area contributed by atoms with Gasteiger partial charge in [0.1, 0.15) is 5.82 Å². The van der Waals surface area contributed by atoms with E-state index in [2.05, 4.69) is 15.7 Å². The maximum Gasteiger partial charge on any atom is 0.323 e. The number of aliphatic hydroxyl groups is 1. The van der Waals surface area contributed by atoms with Crippen molar-refractivity contribution in [3.8, 4) is 0 Å². The number of carbonyl (C=O) groups excluding carboxylic acids is 1. The van der Waals surface area contributed by atoms with Gasteiger partial charge in [0, 0.05) is 25.0 Å². The van der Waals surface area contributed by atoms with Crippen LogP contribution in [0.3, 0.4) is 0 Å². The van der Waals surface area contributed by atoms with Gasteiger partial charge in [0.2, 0.25) is 0 Å². The van der Waals surface area contributed by atoms with E-state index in [0.717, 1.165) is 0 Å². The fraction of sp³-hybridized carbons (Fsp3) is 0.444. The van der Waals surface area contributed by atoms with Crippen molar-refractivity contribution in [2.24, 2.45) is 0 Å². The Balaban J connectivity index is 1.62. The van der Waals surface area contributed by atoms with Crippen molar-refractivity contribution in [2.75, 3.05) is 35.2 Å². The van der Waals surface area contributed by atoms with Crippen molar-refractivity contribution in [1.29, 1.82) is 0 Å². The molecule has 1 aliphatic rings. The van der Waals surface area contributed by atoms with E-state index in [-0.39, 0.29) is 18.8 Å². The first-order chi connectivity index (χ1) is 12.9. The molecule has 8 nitrogen and oxygen atoms in total. The fourth-order valence-corrected chi connectivity index (χ4v) is 3.16. The summed E-state index contributed by atoms with van der Waals surface area (Å²) < 4.78 is 21.7. The Kier molecular flexibility index (Phi) is 5.92. The van der Waals surface area contributed by atoms with Crippen LogP contribution in [-0.2, 0) is 11.3 Å². The number of ether oxygens (including phenoxy) is 1. The highest BCUT2D eigenvalue weighted by Gasteiger charge is 2.24. The summed E-state index contributed by atoms with van der Waals surface area (Å²) in [7, 11) is 0. The van der Waals surface area contributed by atoms with Gasteiger partial charge in [-0.15, -0.1) is 0 Å². The molecule has 1 fully saturated rings. The Labute approximate surface area is 156 Å². The second-order valence-electron chi connectivity index (χ2n) is 6.62. The summed E-state index contributed by atoms with van der Waals surface area (Å²) in [6.45, 7) is 5.46. The van der Waals surface area contributed by atoms with Gasteiger partial charge in [0.15, 0.2) is 0 Å². The minimum Gasteiger partial charge on any atom is -0.394 e. The zero-order valence-electron chi connectivity index (χ0n) is 15.4. The van der Waals surface area contributed by atoms with Crippen molar-refractivity contribution >= 4 is 23.1 Å². The molecule has 1 aliphatic heterocycles. The number of hydrogen-bond acceptors (Lipinski definition) is 5. The van der Waals surface area contributed by atoms with Crippen LogP contribution in [0, 0.1) is 5.82 Å². The summed E-state index contributed by atoms with van der Waals surface area (Å²) in [5.74, 6) is -0.398. The molecule has 0 aliphatic carbocycles. The second-order valence-corrected chi connectivity index (χ2v) is 6.62. The average molecular weight is 377 g/mol. The van der Waals surface area contributed by atoms with Crippen molar-refractivity contribution in [3.63, 3.8) is 0 Å². The van der Waals surface area contributed by atoms with Gasteiger partial charge in [-0.3, -0.25) is 4.68 Å². The molecule has 0 bridgehead atoms. The van der Waals surface area contributed by atoms with E-state index in [1.165, 1.54) is 16.9 Å². The second kappa shape index (κ2) is 8.36. The molecule has 0 saturated carbocycles. The Morgan fingerprint density at radius 2 is 2.00 bits per heavy atom. The predicted octanol–water partition coefficient (Wildman–Crippen LogP) is 2.27. The summed E-state index contributed by atoms with van der Waals surface area (Å²) in [6, 6.07) is 4.13. The van der Waals surface area contributed by atoms with E-state index >= 15 is 0 Å². The van der Waals surface area contributed by atoms with E-state index in [1.807, 2.05) is 18.7 Å². The third-order valence-corrected chi connectivity index (χ3v) is 4.19. The molecule has 27 heavy (non-hydrogen) atoms. The first-order valence-corrected chi connectivity index (χ1v) is 8.86. The van der Waals surface area contributed by atoms with Crippen LogP contribution in [-0.4, -0.2) is 52.8 Å². The minimum absolute atomic E-state index is 0.0310. The van der Waals surface area contributed by atoms with Crippen LogP contribution in [0.1, 0.15) is 13.8 Å². The van der Waals surface area contributed by atoms with E-state index in [4.69, 9.17) is 9.84 Å². The lowest BCUT2D eigenvalue weighted by atomic mass is 10.2. The predicted molar refractivity (Wildman–Crippen MR) is 101 cm³/mol. The molecule has 0 unspecified atom stereocenters. The summed E-state index contributed by atoms with van der Waals surface area (Å²) in [5.41, 5.74) is 1.33. The number of nitrogens with one attached hydrogen (secondary N) is 2. The summed E-state index contributed by atoms with van der Waals surface area (Å²) in [4.78, 5) is 14.0. The van der Waals surface area contributed by atoms with Crippen LogP contribution < -0.4 is 15.5 Å². The monoisotopic (exact) mass is 377 g/mol. The Morgan fingerprint density at radius 3 is 2.67 bits per heavy atom. The van der Waals surface area contributed by atoms with E-state index in [0.29, 0.717) is 36.7 Å². The highest BCUT2D eigenvalue weighted by molar-refractivity contribution is 5.99. The Morgan fingerprint density at radius 1 is 1.30 bits per heavy atom. The number of anilines is 3. The topological polar surface area (TPSA) is 91.7 Å². The summed E-state index contributed by atoms with van der Waals surface area (Å²) in [6.07, 6.45) is 3.13. The van der Waals surface area contributed by atoms with Gasteiger partial charge in [0.25, 0.3) is 0 Å². The summed E-state index contributed by atoms with van der Waals surface area (Å²) in [5, 5.41) is 18.1. The lowest BCUT2D eigenvalue weighted by Gasteiger charge is -2.37. The zero-order chi connectivity index (χ0) is 19.4. The number of morpholine rings is 1. The third-order valence-electron chi connectivity index (χ3n) is 4.19. The largest absolute Gasteiger partial charge is 0.394 e. The molecule has 0 spiro atoms. The van der Waals surface area contributed by atoms with E-state index in [1.54, 1.807) is 18.3 Å². The minimum atomic E-state index is -0.501. The van der Waals surface area contributed by atoms with Crippen LogP contribution in [0.5, 0.6) is 0 Å². The smallest absolute Gasteiger partial charge is 0.323 e. The number of urea groups is 1. The molecule has 1 saturated heterocycles. The van der Waals surface area contributed by atoms with Gasteiger partial charge >= 0.3 is 6.03 Å². The average Bonchev–Trinajstić information content (AvgIpc) is 3.01. The molecule has 3 N–H and O–H groups in total. The number of hydrogen-bond donors (Lipinski definition) is 3. The fourth-order valence-electron chi connectivity index (χ4n) is 3.16. The third kappa shape index (κ3) is 4.95. The first kappa shape index (κ1) is 19.1. The number of amides is 2. The van der Waals surface area contributed by atoms with Gasteiger partial charge in [0.05, 0.1) is 42.9 Å². The molecule has 2 atom stereocenters. The van der Waals surface area contributed by atoms with Crippen LogP contribution in [0.25, 0.3) is 0 Å². The molecule has 2 amide bonds. The van der Waals surface area contributed by atoms with Crippen LogP contribution in [0.2, 0.25) is 0 Å². The lowest BCUT2D eigenvalue weighted by Crippen LogP contribution is -2.45. The van der Waals surface area contributed by atoms with Crippen LogP contribution in [0.15, 0.2) is 30.6 Å². The maximum atomic E-state index is 14.6. The number of aromatic nitrogens is 2. The molecule has 2 aromatic rings. The quantitative estimate of drug-likeness (QED) is 0.744. The first-order valence-electron chi connectivity index (χ1n) is 8.86. The molecule has 3 rings (SSSR count). The van der Waals surface area contributed by atoms with E-state index < -0.39 is 11.8 Å². The highest BCUT2D eigenvalue weighted by Crippen LogP contribution is 2.26. The molecule has 9 heteroatoms. The number of carbonyl (C=O) groups is 1.